The third kappa shape index (κ3) is 3.19. The molecule has 1 aliphatic carbocycles. The molecule has 2 aromatic carbocycles. The Balaban J connectivity index is 1.71. The average molecular weight is 383 g/mol. The first-order valence-corrected chi connectivity index (χ1v) is 9.12. The molecule has 28 heavy (non-hydrogen) atoms. The molecule has 2 atom stereocenters. The second-order valence-electron chi connectivity index (χ2n) is 7.14. The van der Waals surface area contributed by atoms with Gasteiger partial charge in [-0.2, -0.15) is 0 Å². The highest BCUT2D eigenvalue weighted by atomic mass is 19.2. The van der Waals surface area contributed by atoms with Gasteiger partial charge < -0.3 is 10.1 Å². The zero-order chi connectivity index (χ0) is 19.8. The van der Waals surface area contributed by atoms with E-state index in [4.69, 9.17) is 4.74 Å². The summed E-state index contributed by atoms with van der Waals surface area (Å²) < 4.78 is 33.2. The molecule has 6 heteroatoms. The van der Waals surface area contributed by atoms with Crippen LogP contribution < -0.4 is 10.1 Å². The Morgan fingerprint density at radius 1 is 1.00 bits per heavy atom. The van der Waals surface area contributed by atoms with E-state index in [1.54, 1.807) is 7.11 Å². The van der Waals surface area contributed by atoms with E-state index >= 15 is 0 Å². The highest BCUT2D eigenvalue weighted by Crippen LogP contribution is 2.43. The minimum absolute atomic E-state index is 0.0543. The minimum Gasteiger partial charge on any atom is -0.497 e. The minimum atomic E-state index is -1.00. The van der Waals surface area contributed by atoms with Gasteiger partial charge in [0.15, 0.2) is 17.4 Å². The van der Waals surface area contributed by atoms with Gasteiger partial charge in [0.25, 0.3) is 0 Å². The van der Waals surface area contributed by atoms with Crippen molar-refractivity contribution in [3.63, 3.8) is 0 Å². The van der Waals surface area contributed by atoms with Gasteiger partial charge in [0.05, 0.1) is 7.11 Å². The lowest BCUT2D eigenvalue weighted by Crippen LogP contribution is -2.38. The molecule has 2 aromatic rings. The summed E-state index contributed by atoms with van der Waals surface area (Å²) in [6.07, 6.45) is 0.652. The van der Waals surface area contributed by atoms with Crippen LogP contribution in [0.4, 0.5) is 8.78 Å². The van der Waals surface area contributed by atoms with Crippen molar-refractivity contribution >= 4 is 11.7 Å². The molecule has 1 amide bonds. The summed E-state index contributed by atoms with van der Waals surface area (Å²) in [5.41, 5.74) is 1.93. The standard InChI is InChI=1S/C22H19F2NO3/c1-28-14-7-5-12(6-8-14)13-9-18-21(19(26)10-13)16(11-20(27)25-18)15-3-2-4-17(23)22(15)24/h2-8,13,16H,9-11H2,1H3,(H,25,27)/t13-,16-/m1/s1. The number of halogens is 2. The molecule has 1 aliphatic heterocycles. The summed E-state index contributed by atoms with van der Waals surface area (Å²) in [6.45, 7) is 0. The predicted molar refractivity (Wildman–Crippen MR) is 98.9 cm³/mol. The van der Waals surface area contributed by atoms with Gasteiger partial charge in [-0.15, -0.1) is 0 Å². The predicted octanol–water partition coefficient (Wildman–Crippen LogP) is 3.98. The van der Waals surface area contributed by atoms with E-state index in [-0.39, 0.29) is 36.0 Å². The molecule has 0 fully saturated rings. The smallest absolute Gasteiger partial charge is 0.225 e. The number of methoxy groups -OCH3 is 1. The molecular weight excluding hydrogens is 364 g/mol. The first kappa shape index (κ1) is 18.3. The summed E-state index contributed by atoms with van der Waals surface area (Å²) in [7, 11) is 1.58. The molecule has 4 nitrogen and oxygen atoms in total. The van der Waals surface area contributed by atoms with Crippen LogP contribution in [0.2, 0.25) is 0 Å². The van der Waals surface area contributed by atoms with Crippen molar-refractivity contribution in [2.24, 2.45) is 0 Å². The third-order valence-corrected chi connectivity index (χ3v) is 5.48. The van der Waals surface area contributed by atoms with Crippen molar-refractivity contribution in [3.05, 3.63) is 76.5 Å². The number of allylic oxidation sites excluding steroid dienone is 2. The van der Waals surface area contributed by atoms with E-state index in [1.807, 2.05) is 24.3 Å². The van der Waals surface area contributed by atoms with E-state index in [2.05, 4.69) is 5.32 Å². The van der Waals surface area contributed by atoms with Crippen molar-refractivity contribution in [2.45, 2.75) is 31.1 Å². The molecule has 4 rings (SSSR count). The molecule has 1 N–H and O–H groups in total. The average Bonchev–Trinajstić information content (AvgIpc) is 2.69. The van der Waals surface area contributed by atoms with Crippen molar-refractivity contribution in [1.82, 2.24) is 5.32 Å². The summed E-state index contributed by atoms with van der Waals surface area (Å²) in [5.74, 6) is -2.55. The largest absolute Gasteiger partial charge is 0.497 e. The van der Waals surface area contributed by atoms with Crippen LogP contribution in [0.15, 0.2) is 53.7 Å². The maximum Gasteiger partial charge on any atom is 0.225 e. The van der Waals surface area contributed by atoms with E-state index in [1.165, 1.54) is 12.1 Å². The van der Waals surface area contributed by atoms with Crippen LogP contribution in [0.3, 0.4) is 0 Å². The van der Waals surface area contributed by atoms with Gasteiger partial charge in [0, 0.05) is 30.0 Å². The summed E-state index contributed by atoms with van der Waals surface area (Å²) >= 11 is 0. The number of nitrogens with one attached hydrogen (secondary N) is 1. The van der Waals surface area contributed by atoms with E-state index in [9.17, 15) is 18.4 Å². The fourth-order valence-corrected chi connectivity index (χ4v) is 4.13. The summed E-state index contributed by atoms with van der Waals surface area (Å²) in [6, 6.07) is 11.3. The molecule has 0 radical (unpaired) electrons. The fraction of sp³-hybridized carbons (Fsp3) is 0.273. The zero-order valence-corrected chi connectivity index (χ0v) is 15.3. The second-order valence-corrected chi connectivity index (χ2v) is 7.14. The molecule has 0 bridgehead atoms. The fourth-order valence-electron chi connectivity index (χ4n) is 4.13. The Hall–Kier alpha value is -3.02. The number of carbonyl (C=O) groups is 2. The Bertz CT molecular complexity index is 982. The van der Waals surface area contributed by atoms with Gasteiger partial charge in [-0.25, -0.2) is 8.78 Å². The number of ether oxygens (including phenoxy) is 1. The van der Waals surface area contributed by atoms with Crippen LogP contribution in [-0.4, -0.2) is 18.8 Å². The summed E-state index contributed by atoms with van der Waals surface area (Å²) in [4.78, 5) is 25.2. The molecular formula is C22H19F2NO3. The normalized spacial score (nSPS) is 22.0. The van der Waals surface area contributed by atoms with Crippen LogP contribution in [0, 0.1) is 11.6 Å². The number of hydrogen-bond donors (Lipinski definition) is 1. The molecule has 0 spiro atoms. The van der Waals surface area contributed by atoms with Crippen molar-refractivity contribution < 1.29 is 23.1 Å². The first-order chi connectivity index (χ1) is 13.5. The number of rotatable bonds is 3. The highest BCUT2D eigenvalue weighted by Gasteiger charge is 2.39. The highest BCUT2D eigenvalue weighted by molar-refractivity contribution is 6.02. The number of ketones is 1. The van der Waals surface area contributed by atoms with Gasteiger partial charge in [-0.3, -0.25) is 9.59 Å². The van der Waals surface area contributed by atoms with E-state index in [0.29, 0.717) is 17.7 Å². The first-order valence-electron chi connectivity index (χ1n) is 9.12. The Labute approximate surface area is 161 Å². The van der Waals surface area contributed by atoms with E-state index in [0.717, 1.165) is 17.4 Å². The van der Waals surface area contributed by atoms with Crippen molar-refractivity contribution in [1.29, 1.82) is 0 Å². The van der Waals surface area contributed by atoms with Gasteiger partial charge in [0.1, 0.15) is 5.75 Å². The van der Waals surface area contributed by atoms with Crippen LogP contribution in [0.25, 0.3) is 0 Å². The molecule has 0 unspecified atom stereocenters. The number of amides is 1. The quantitative estimate of drug-likeness (QED) is 0.872. The lowest BCUT2D eigenvalue weighted by Gasteiger charge is -2.34. The monoisotopic (exact) mass is 383 g/mol. The Morgan fingerprint density at radius 3 is 2.46 bits per heavy atom. The SMILES string of the molecule is COc1ccc([C@H]2CC(=O)C3=C(C2)NC(=O)C[C@@H]3c2cccc(F)c2F)cc1. The molecule has 0 aromatic heterocycles. The molecule has 2 aliphatic rings. The van der Waals surface area contributed by atoms with Crippen LogP contribution in [0.5, 0.6) is 5.75 Å². The molecule has 1 heterocycles. The lowest BCUT2D eigenvalue weighted by molar-refractivity contribution is -0.122. The second kappa shape index (κ2) is 7.19. The van der Waals surface area contributed by atoms with Crippen LogP contribution >= 0.6 is 0 Å². The number of benzene rings is 2. The number of hydrogen-bond acceptors (Lipinski definition) is 3. The maximum atomic E-state index is 14.4. The van der Waals surface area contributed by atoms with Crippen molar-refractivity contribution in [3.8, 4) is 5.75 Å². The molecule has 0 saturated carbocycles. The topological polar surface area (TPSA) is 55.4 Å². The lowest BCUT2D eigenvalue weighted by atomic mass is 9.73. The molecule has 0 saturated heterocycles. The van der Waals surface area contributed by atoms with Crippen molar-refractivity contribution in [2.75, 3.05) is 7.11 Å². The third-order valence-electron chi connectivity index (χ3n) is 5.48. The van der Waals surface area contributed by atoms with Gasteiger partial charge >= 0.3 is 0 Å². The number of carbonyl (C=O) groups excluding carboxylic acids is 2. The number of Topliss-reactive ketones (excluding diaryl/α,β-unsaturated/α-hetero) is 1. The Kier molecular flexibility index (Phi) is 4.71. The maximum absolute atomic E-state index is 14.4. The van der Waals surface area contributed by atoms with Gasteiger partial charge in [-0.05, 0) is 41.7 Å². The Morgan fingerprint density at radius 2 is 1.75 bits per heavy atom. The van der Waals surface area contributed by atoms with Gasteiger partial charge in [-0.1, -0.05) is 24.3 Å². The van der Waals surface area contributed by atoms with Gasteiger partial charge in [0.2, 0.25) is 5.91 Å². The molecule has 144 valence electrons. The van der Waals surface area contributed by atoms with Crippen LogP contribution in [0.1, 0.15) is 42.2 Å². The zero-order valence-electron chi connectivity index (χ0n) is 15.3. The van der Waals surface area contributed by atoms with Crippen LogP contribution in [-0.2, 0) is 9.59 Å². The van der Waals surface area contributed by atoms with E-state index < -0.39 is 17.6 Å². The summed E-state index contributed by atoms with van der Waals surface area (Å²) in [5, 5.41) is 2.78.